The predicted molar refractivity (Wildman–Crippen MR) is 91.2 cm³/mol. The fourth-order valence-corrected chi connectivity index (χ4v) is 2.93. The molecule has 0 spiro atoms. The van der Waals surface area contributed by atoms with Crippen molar-refractivity contribution in [1.29, 1.82) is 0 Å². The molecule has 2 aromatic rings. The van der Waals surface area contributed by atoms with E-state index < -0.39 is 23.6 Å². The van der Waals surface area contributed by atoms with E-state index in [2.05, 4.69) is 10.6 Å². The molecule has 136 valence electrons. The minimum absolute atomic E-state index is 0.0565. The van der Waals surface area contributed by atoms with Gasteiger partial charge < -0.3 is 10.6 Å². The van der Waals surface area contributed by atoms with Crippen LogP contribution in [0.15, 0.2) is 48.5 Å². The molecular formula is C19H17F3N2O2. The summed E-state index contributed by atoms with van der Waals surface area (Å²) < 4.78 is 40.5. The molecular weight excluding hydrogens is 345 g/mol. The van der Waals surface area contributed by atoms with Crippen molar-refractivity contribution in [2.45, 2.75) is 19.0 Å². The first-order chi connectivity index (χ1) is 12.3. The van der Waals surface area contributed by atoms with Gasteiger partial charge in [-0.1, -0.05) is 36.4 Å². The second-order valence-electron chi connectivity index (χ2n) is 6.15. The Bertz CT molecular complexity index is 809. The third kappa shape index (κ3) is 4.04. The smallest absolute Gasteiger partial charge is 0.355 e. The molecule has 1 heterocycles. The number of alkyl halides is 3. The van der Waals surface area contributed by atoms with Gasteiger partial charge in [0.2, 0.25) is 11.8 Å². The third-order valence-electron chi connectivity index (χ3n) is 4.31. The van der Waals surface area contributed by atoms with Crippen LogP contribution < -0.4 is 10.6 Å². The van der Waals surface area contributed by atoms with E-state index in [1.165, 1.54) is 12.1 Å². The maximum Gasteiger partial charge on any atom is 0.417 e. The Kier molecular flexibility index (Phi) is 4.97. The summed E-state index contributed by atoms with van der Waals surface area (Å²) in [6.07, 6.45) is -3.94. The first kappa shape index (κ1) is 18.0. The number of piperidine rings is 1. The van der Waals surface area contributed by atoms with Crippen LogP contribution in [0.5, 0.6) is 0 Å². The summed E-state index contributed by atoms with van der Waals surface area (Å²) in [4.78, 5) is 23.4. The van der Waals surface area contributed by atoms with Crippen molar-refractivity contribution in [2.75, 3.05) is 11.9 Å². The number of benzene rings is 2. The van der Waals surface area contributed by atoms with Crippen molar-refractivity contribution in [3.63, 3.8) is 0 Å². The predicted octanol–water partition coefficient (Wildman–Crippen LogP) is 3.84. The van der Waals surface area contributed by atoms with E-state index in [-0.39, 0.29) is 30.1 Å². The lowest BCUT2D eigenvalue weighted by molar-refractivity contribution is -0.137. The molecule has 2 aromatic carbocycles. The minimum Gasteiger partial charge on any atom is -0.355 e. The fraction of sp³-hybridized carbons (Fsp3) is 0.263. The molecule has 4 nitrogen and oxygen atoms in total. The van der Waals surface area contributed by atoms with Crippen molar-refractivity contribution in [3.8, 4) is 11.1 Å². The summed E-state index contributed by atoms with van der Waals surface area (Å²) in [7, 11) is 0. The van der Waals surface area contributed by atoms with E-state index in [0.717, 1.165) is 6.07 Å². The molecule has 1 fully saturated rings. The topological polar surface area (TPSA) is 58.2 Å². The molecule has 1 aliphatic heterocycles. The van der Waals surface area contributed by atoms with Crippen LogP contribution >= 0.6 is 0 Å². The second kappa shape index (κ2) is 7.19. The number of amides is 2. The van der Waals surface area contributed by atoms with Crippen LogP contribution in [-0.4, -0.2) is 18.4 Å². The molecule has 26 heavy (non-hydrogen) atoms. The Balaban J connectivity index is 1.85. The van der Waals surface area contributed by atoms with Crippen molar-refractivity contribution >= 4 is 17.5 Å². The highest BCUT2D eigenvalue weighted by Gasteiger charge is 2.34. The Morgan fingerprint density at radius 1 is 1.12 bits per heavy atom. The number of anilines is 1. The number of rotatable bonds is 3. The summed E-state index contributed by atoms with van der Waals surface area (Å²) in [5.41, 5.74) is -0.217. The van der Waals surface area contributed by atoms with Gasteiger partial charge in [-0.25, -0.2) is 0 Å². The van der Waals surface area contributed by atoms with Crippen LogP contribution in [0.1, 0.15) is 18.4 Å². The number of carbonyl (C=O) groups excluding carboxylic acids is 2. The standard InChI is InChI=1S/C19H17F3N2O2/c20-19(21,22)16-10-14(7-8-15(16)12-4-2-1-3-5-12)24-18(26)13-6-9-17(25)23-11-13/h1-5,7-8,10,13H,6,9,11H2,(H,23,25)(H,24,26). The van der Waals surface area contributed by atoms with E-state index in [4.69, 9.17) is 0 Å². The molecule has 1 saturated heterocycles. The van der Waals surface area contributed by atoms with E-state index in [0.29, 0.717) is 12.0 Å². The molecule has 3 rings (SSSR count). The van der Waals surface area contributed by atoms with Crippen LogP contribution in [-0.2, 0) is 15.8 Å². The molecule has 0 radical (unpaired) electrons. The number of hydrogen-bond acceptors (Lipinski definition) is 2. The SMILES string of the molecule is O=C1CCC(C(=O)Nc2ccc(-c3ccccc3)c(C(F)(F)F)c2)CN1. The van der Waals surface area contributed by atoms with Crippen LogP contribution in [0.4, 0.5) is 18.9 Å². The largest absolute Gasteiger partial charge is 0.417 e. The Labute approximate surface area is 148 Å². The van der Waals surface area contributed by atoms with E-state index in [1.54, 1.807) is 30.3 Å². The van der Waals surface area contributed by atoms with Gasteiger partial charge in [-0.3, -0.25) is 9.59 Å². The van der Waals surface area contributed by atoms with Gasteiger partial charge in [-0.15, -0.1) is 0 Å². The van der Waals surface area contributed by atoms with Gasteiger partial charge in [-0.05, 0) is 29.7 Å². The minimum atomic E-state index is -4.55. The number of hydrogen-bond donors (Lipinski definition) is 2. The molecule has 2 amide bonds. The Hall–Kier alpha value is -2.83. The first-order valence-corrected chi connectivity index (χ1v) is 8.19. The van der Waals surface area contributed by atoms with Gasteiger partial charge in [0, 0.05) is 18.7 Å². The van der Waals surface area contributed by atoms with Crippen LogP contribution in [0.2, 0.25) is 0 Å². The van der Waals surface area contributed by atoms with Gasteiger partial charge in [0.05, 0.1) is 11.5 Å². The Morgan fingerprint density at radius 2 is 1.85 bits per heavy atom. The van der Waals surface area contributed by atoms with Gasteiger partial charge in [-0.2, -0.15) is 13.2 Å². The maximum absolute atomic E-state index is 13.5. The van der Waals surface area contributed by atoms with E-state index >= 15 is 0 Å². The average Bonchev–Trinajstić information content (AvgIpc) is 2.62. The highest BCUT2D eigenvalue weighted by molar-refractivity contribution is 5.94. The molecule has 0 aliphatic carbocycles. The van der Waals surface area contributed by atoms with Gasteiger partial charge >= 0.3 is 6.18 Å². The lowest BCUT2D eigenvalue weighted by atomic mass is 9.97. The molecule has 1 aliphatic rings. The fourth-order valence-electron chi connectivity index (χ4n) is 2.93. The molecule has 7 heteroatoms. The summed E-state index contributed by atoms with van der Waals surface area (Å²) >= 11 is 0. The number of halogens is 3. The lowest BCUT2D eigenvalue weighted by Crippen LogP contribution is -2.40. The van der Waals surface area contributed by atoms with Crippen LogP contribution in [0, 0.1) is 5.92 Å². The monoisotopic (exact) mass is 362 g/mol. The zero-order valence-electron chi connectivity index (χ0n) is 13.8. The van der Waals surface area contributed by atoms with Crippen LogP contribution in [0.25, 0.3) is 11.1 Å². The molecule has 0 saturated carbocycles. The first-order valence-electron chi connectivity index (χ1n) is 8.19. The van der Waals surface area contributed by atoms with Crippen molar-refractivity contribution < 1.29 is 22.8 Å². The van der Waals surface area contributed by atoms with Crippen LogP contribution in [0.3, 0.4) is 0 Å². The normalized spacial score (nSPS) is 17.5. The van der Waals surface area contributed by atoms with Crippen molar-refractivity contribution in [2.24, 2.45) is 5.92 Å². The summed E-state index contributed by atoms with van der Waals surface area (Å²) in [6, 6.07) is 12.0. The maximum atomic E-state index is 13.5. The van der Waals surface area contributed by atoms with E-state index in [9.17, 15) is 22.8 Å². The van der Waals surface area contributed by atoms with Gasteiger partial charge in [0.25, 0.3) is 0 Å². The second-order valence-corrected chi connectivity index (χ2v) is 6.15. The average molecular weight is 362 g/mol. The molecule has 1 atom stereocenters. The molecule has 0 bridgehead atoms. The quantitative estimate of drug-likeness (QED) is 0.872. The lowest BCUT2D eigenvalue weighted by Gasteiger charge is -2.22. The van der Waals surface area contributed by atoms with Gasteiger partial charge in [0.1, 0.15) is 0 Å². The summed E-state index contributed by atoms with van der Waals surface area (Å²) in [5.74, 6) is -0.970. The third-order valence-corrected chi connectivity index (χ3v) is 4.31. The zero-order valence-corrected chi connectivity index (χ0v) is 13.8. The number of carbonyl (C=O) groups is 2. The zero-order chi connectivity index (χ0) is 18.7. The highest BCUT2D eigenvalue weighted by atomic mass is 19.4. The Morgan fingerprint density at radius 3 is 2.46 bits per heavy atom. The summed E-state index contributed by atoms with van der Waals surface area (Å²) in [6.45, 7) is 0.193. The number of nitrogens with one attached hydrogen (secondary N) is 2. The summed E-state index contributed by atoms with van der Waals surface area (Å²) in [5, 5.41) is 5.11. The molecule has 0 aromatic heterocycles. The highest BCUT2D eigenvalue weighted by Crippen LogP contribution is 2.38. The van der Waals surface area contributed by atoms with Gasteiger partial charge in [0.15, 0.2) is 0 Å². The molecule has 1 unspecified atom stereocenters. The van der Waals surface area contributed by atoms with Crippen molar-refractivity contribution in [1.82, 2.24) is 5.32 Å². The van der Waals surface area contributed by atoms with Crippen molar-refractivity contribution in [3.05, 3.63) is 54.1 Å². The molecule has 2 N–H and O–H groups in total. The van der Waals surface area contributed by atoms with E-state index in [1.807, 2.05) is 0 Å².